The summed E-state index contributed by atoms with van der Waals surface area (Å²) in [5.74, 6) is 0.283. The first-order valence-corrected chi connectivity index (χ1v) is 13.8. The van der Waals surface area contributed by atoms with E-state index in [-0.39, 0.29) is 7.53 Å². The van der Waals surface area contributed by atoms with E-state index in [0.29, 0.717) is 24.4 Å². The molecule has 2 aliphatic heterocycles. The fourth-order valence-corrected chi connectivity index (χ4v) is 6.19. The lowest BCUT2D eigenvalue weighted by atomic mass is 9.80. The average molecular weight is 482 g/mol. The zero-order valence-electron chi connectivity index (χ0n) is 21.1. The second-order valence-electron chi connectivity index (χ2n) is 11.0. The van der Waals surface area contributed by atoms with Gasteiger partial charge < -0.3 is 15.2 Å². The van der Waals surface area contributed by atoms with Gasteiger partial charge in [0, 0.05) is 56.2 Å². The standard InChI is InChI=1S/C29H41N3O3.H2/c1-20-10-11-21-12-13-23(31-26(21)18-20)8-2-3-17-35-24-14-16-32(19-24)28(29(33)34)25-9-5-15-30-27(25)22-6-4-7-22;/h5,9-11,15,20,22-24,28,31H,2-4,6-8,12-14,16-19H2,1H3,(H,33,34);1H/t20?,23?,24-,28?;/m1./s1. The second-order valence-corrected chi connectivity index (χ2v) is 11.0. The Morgan fingerprint density at radius 2 is 2.20 bits per heavy atom. The van der Waals surface area contributed by atoms with Crippen molar-refractivity contribution in [3.63, 3.8) is 0 Å². The zero-order chi connectivity index (χ0) is 24.2. The second kappa shape index (κ2) is 11.3. The summed E-state index contributed by atoms with van der Waals surface area (Å²) >= 11 is 0. The first-order valence-electron chi connectivity index (χ1n) is 13.8. The number of pyridine rings is 1. The van der Waals surface area contributed by atoms with Gasteiger partial charge in [-0.25, -0.2) is 0 Å². The average Bonchev–Trinajstić information content (AvgIpc) is 3.26. The highest BCUT2D eigenvalue weighted by molar-refractivity contribution is 5.76. The molecule has 0 amide bonds. The van der Waals surface area contributed by atoms with E-state index in [0.717, 1.165) is 56.5 Å². The number of hydrogen-bond donors (Lipinski definition) is 2. The van der Waals surface area contributed by atoms with Crippen molar-refractivity contribution in [2.24, 2.45) is 5.92 Å². The van der Waals surface area contributed by atoms with Crippen molar-refractivity contribution in [3.05, 3.63) is 53.0 Å². The Bertz CT molecular complexity index is 961. The molecule has 3 unspecified atom stereocenters. The number of carbonyl (C=O) groups is 1. The molecule has 2 aliphatic carbocycles. The minimum absolute atomic E-state index is 0. The largest absolute Gasteiger partial charge is 0.480 e. The van der Waals surface area contributed by atoms with E-state index < -0.39 is 12.0 Å². The van der Waals surface area contributed by atoms with E-state index in [2.05, 4.69) is 34.3 Å². The molecule has 0 spiro atoms. The highest BCUT2D eigenvalue weighted by atomic mass is 16.5. The normalized spacial score (nSPS) is 27.9. The lowest BCUT2D eigenvalue weighted by Gasteiger charge is -2.32. The predicted octanol–water partition coefficient (Wildman–Crippen LogP) is 5.58. The Morgan fingerprint density at radius 3 is 3.00 bits per heavy atom. The number of hydrogen-bond acceptors (Lipinski definition) is 5. The van der Waals surface area contributed by atoms with Crippen molar-refractivity contribution < 1.29 is 16.1 Å². The molecule has 6 nitrogen and oxygen atoms in total. The van der Waals surface area contributed by atoms with Crippen molar-refractivity contribution in [1.82, 2.24) is 15.2 Å². The number of rotatable bonds is 10. The molecular formula is C29H43N3O3. The van der Waals surface area contributed by atoms with Crippen LogP contribution in [0.3, 0.4) is 0 Å². The van der Waals surface area contributed by atoms with Crippen LogP contribution in [0, 0.1) is 5.92 Å². The van der Waals surface area contributed by atoms with Gasteiger partial charge in [0.25, 0.3) is 0 Å². The van der Waals surface area contributed by atoms with Gasteiger partial charge in [-0.05, 0) is 75.3 Å². The van der Waals surface area contributed by atoms with Crippen LogP contribution in [0.15, 0.2) is 41.8 Å². The molecule has 1 aromatic heterocycles. The maximum atomic E-state index is 12.3. The molecule has 4 aliphatic rings. The van der Waals surface area contributed by atoms with Gasteiger partial charge in [-0.15, -0.1) is 0 Å². The van der Waals surface area contributed by atoms with Crippen molar-refractivity contribution in [1.29, 1.82) is 0 Å². The number of carboxylic acid groups (broad SMARTS) is 1. The maximum absolute atomic E-state index is 12.3. The summed E-state index contributed by atoms with van der Waals surface area (Å²) in [6, 6.07) is 3.81. The summed E-state index contributed by atoms with van der Waals surface area (Å²) in [5, 5.41) is 13.9. The first kappa shape index (κ1) is 24.5. The van der Waals surface area contributed by atoms with Crippen LogP contribution in [-0.4, -0.2) is 52.8 Å². The third-order valence-corrected chi connectivity index (χ3v) is 8.41. The van der Waals surface area contributed by atoms with Crippen LogP contribution < -0.4 is 5.32 Å². The summed E-state index contributed by atoms with van der Waals surface area (Å²) in [6.07, 6.45) is 17.9. The molecule has 3 heterocycles. The molecule has 1 saturated carbocycles. The summed E-state index contributed by atoms with van der Waals surface area (Å²) in [5.41, 5.74) is 4.86. The van der Waals surface area contributed by atoms with Crippen LogP contribution in [0.1, 0.15) is 95.8 Å². The van der Waals surface area contributed by atoms with Gasteiger partial charge in [-0.1, -0.05) is 31.6 Å². The van der Waals surface area contributed by atoms with Gasteiger partial charge in [0.2, 0.25) is 0 Å². The minimum atomic E-state index is -0.777. The molecule has 2 fully saturated rings. The van der Waals surface area contributed by atoms with Crippen molar-refractivity contribution in [2.45, 2.75) is 95.2 Å². The fourth-order valence-electron chi connectivity index (χ4n) is 6.19. The summed E-state index contributed by atoms with van der Waals surface area (Å²) in [7, 11) is 0. The van der Waals surface area contributed by atoms with Gasteiger partial charge >= 0.3 is 5.97 Å². The molecule has 1 aromatic rings. The minimum Gasteiger partial charge on any atom is -0.480 e. The van der Waals surface area contributed by atoms with E-state index in [1.54, 1.807) is 6.20 Å². The summed E-state index contributed by atoms with van der Waals surface area (Å²) < 4.78 is 6.21. The number of allylic oxidation sites excluding steroid dienone is 4. The molecule has 2 N–H and O–H groups in total. The van der Waals surface area contributed by atoms with Gasteiger partial charge in [-0.3, -0.25) is 14.7 Å². The van der Waals surface area contributed by atoms with Crippen LogP contribution in [0.4, 0.5) is 0 Å². The van der Waals surface area contributed by atoms with E-state index in [1.807, 2.05) is 12.1 Å². The Labute approximate surface area is 211 Å². The number of ether oxygens (including phenoxy) is 1. The number of likely N-dealkylation sites (tertiary alicyclic amines) is 1. The van der Waals surface area contributed by atoms with Gasteiger partial charge in [0.05, 0.1) is 6.10 Å². The number of nitrogens with zero attached hydrogens (tertiary/aromatic N) is 2. The highest BCUT2D eigenvalue weighted by Gasteiger charge is 2.37. The number of nitrogens with one attached hydrogen (secondary N) is 1. The number of aliphatic carboxylic acids is 1. The molecule has 1 saturated heterocycles. The third kappa shape index (κ3) is 5.80. The molecule has 5 rings (SSSR count). The zero-order valence-corrected chi connectivity index (χ0v) is 21.1. The van der Waals surface area contributed by atoms with E-state index in [4.69, 9.17) is 4.74 Å². The van der Waals surface area contributed by atoms with Crippen LogP contribution in [0.2, 0.25) is 0 Å². The lowest BCUT2D eigenvalue weighted by Crippen LogP contribution is -2.35. The quantitative estimate of drug-likeness (QED) is 0.425. The number of carboxylic acids is 1. The lowest BCUT2D eigenvalue weighted by molar-refractivity contribution is -0.143. The number of unbranched alkanes of at least 4 members (excludes halogenated alkanes) is 1. The van der Waals surface area contributed by atoms with Crippen LogP contribution in [0.5, 0.6) is 0 Å². The highest BCUT2D eigenvalue weighted by Crippen LogP contribution is 2.40. The fraction of sp³-hybridized carbons (Fsp3) is 0.655. The smallest absolute Gasteiger partial charge is 0.325 e. The first-order chi connectivity index (χ1) is 17.1. The molecule has 0 aromatic carbocycles. The summed E-state index contributed by atoms with van der Waals surface area (Å²) in [4.78, 5) is 19.0. The Balaban J connectivity index is 0.00000304. The molecule has 192 valence electrons. The Hall–Kier alpha value is -2.18. The van der Waals surface area contributed by atoms with Crippen molar-refractivity contribution in [3.8, 4) is 0 Å². The van der Waals surface area contributed by atoms with Crippen LogP contribution in [-0.2, 0) is 9.53 Å². The van der Waals surface area contributed by atoms with Crippen LogP contribution >= 0.6 is 0 Å². The molecule has 6 heteroatoms. The molecular weight excluding hydrogens is 438 g/mol. The van der Waals surface area contributed by atoms with E-state index in [1.165, 1.54) is 43.4 Å². The van der Waals surface area contributed by atoms with E-state index in [9.17, 15) is 9.90 Å². The Morgan fingerprint density at radius 1 is 1.31 bits per heavy atom. The van der Waals surface area contributed by atoms with Crippen molar-refractivity contribution >= 4 is 5.97 Å². The predicted molar refractivity (Wildman–Crippen MR) is 139 cm³/mol. The topological polar surface area (TPSA) is 74.7 Å². The van der Waals surface area contributed by atoms with Gasteiger partial charge in [0.15, 0.2) is 0 Å². The SMILES string of the molecule is CC1C=CC2=C(C1)NC(CCCCO[C@@H]1CCN(C(C(=O)O)c3cccnc3C3CCC3)C1)CC2.[HH]. The molecule has 35 heavy (non-hydrogen) atoms. The van der Waals surface area contributed by atoms with E-state index >= 15 is 0 Å². The van der Waals surface area contributed by atoms with Crippen molar-refractivity contribution in [2.75, 3.05) is 19.7 Å². The van der Waals surface area contributed by atoms with Gasteiger partial charge in [-0.2, -0.15) is 0 Å². The molecule has 0 bridgehead atoms. The van der Waals surface area contributed by atoms with Gasteiger partial charge in [0.1, 0.15) is 6.04 Å². The number of aromatic nitrogens is 1. The molecule has 4 atom stereocenters. The maximum Gasteiger partial charge on any atom is 0.325 e. The summed E-state index contributed by atoms with van der Waals surface area (Å²) in [6.45, 7) is 4.49. The van der Waals surface area contributed by atoms with Crippen LogP contribution in [0.25, 0.3) is 0 Å². The Kier molecular flexibility index (Phi) is 7.88. The molecule has 0 radical (unpaired) electrons. The third-order valence-electron chi connectivity index (χ3n) is 8.41. The monoisotopic (exact) mass is 481 g/mol.